The van der Waals surface area contributed by atoms with E-state index in [0.29, 0.717) is 12.0 Å². The Hall–Kier alpha value is -1.33. The van der Waals surface area contributed by atoms with Gasteiger partial charge in [0.2, 0.25) is 0 Å². The van der Waals surface area contributed by atoms with Gasteiger partial charge in [-0.1, -0.05) is 12.1 Å². The summed E-state index contributed by atoms with van der Waals surface area (Å²) in [7, 11) is 4.05. The van der Waals surface area contributed by atoms with Gasteiger partial charge in [-0.2, -0.15) is 0 Å². The number of thiophene rings is 1. The highest BCUT2D eigenvalue weighted by Crippen LogP contribution is 2.36. The molecule has 2 rings (SSSR count). The summed E-state index contributed by atoms with van der Waals surface area (Å²) in [4.78, 5) is 8.21. The van der Waals surface area contributed by atoms with Crippen LogP contribution >= 0.6 is 11.3 Å². The van der Waals surface area contributed by atoms with Gasteiger partial charge in [-0.05, 0) is 43.8 Å². The van der Waals surface area contributed by atoms with Crippen LogP contribution in [0.4, 0.5) is 0 Å². The summed E-state index contributed by atoms with van der Waals surface area (Å²) < 4.78 is 0. The largest absolute Gasteiger partial charge is 0.356 e. The van der Waals surface area contributed by atoms with Gasteiger partial charge in [0.05, 0.1) is 0 Å². The zero-order chi connectivity index (χ0) is 15.1. The predicted molar refractivity (Wildman–Crippen MR) is 92.0 cm³/mol. The lowest BCUT2D eigenvalue weighted by atomic mass is 9.88. The van der Waals surface area contributed by atoms with Crippen LogP contribution in [0.5, 0.6) is 0 Å². The van der Waals surface area contributed by atoms with Crippen molar-refractivity contribution in [2.75, 3.05) is 33.7 Å². The van der Waals surface area contributed by atoms with Crippen LogP contribution < -0.4 is 10.6 Å². The second-order valence-electron chi connectivity index (χ2n) is 5.47. The molecule has 4 nitrogen and oxygen atoms in total. The van der Waals surface area contributed by atoms with E-state index in [9.17, 15) is 0 Å². The lowest BCUT2D eigenvalue weighted by Crippen LogP contribution is -2.44. The SMILES string of the molecule is C=CCNC(=NC)NCC1CCCN(C)C1c1cccs1. The van der Waals surface area contributed by atoms with Gasteiger partial charge < -0.3 is 10.6 Å². The van der Waals surface area contributed by atoms with E-state index < -0.39 is 0 Å². The Morgan fingerprint density at radius 2 is 2.43 bits per heavy atom. The van der Waals surface area contributed by atoms with Crippen molar-refractivity contribution in [1.82, 2.24) is 15.5 Å². The fraction of sp³-hybridized carbons (Fsp3) is 0.562. The number of guanidine groups is 1. The molecule has 1 aromatic heterocycles. The lowest BCUT2D eigenvalue weighted by Gasteiger charge is -2.39. The molecule has 2 N–H and O–H groups in total. The molecule has 0 aliphatic carbocycles. The lowest BCUT2D eigenvalue weighted by molar-refractivity contribution is 0.125. The Balaban J connectivity index is 1.97. The van der Waals surface area contributed by atoms with E-state index in [4.69, 9.17) is 0 Å². The monoisotopic (exact) mass is 306 g/mol. The standard InChI is InChI=1S/C16H26N4S/c1-4-9-18-16(17-2)19-12-13-7-5-10-20(3)15(13)14-8-6-11-21-14/h4,6,8,11,13,15H,1,5,7,9-10,12H2,2-3H3,(H2,17,18,19). The van der Waals surface area contributed by atoms with Gasteiger partial charge in [0.25, 0.3) is 0 Å². The summed E-state index contributed by atoms with van der Waals surface area (Å²) in [5, 5.41) is 8.86. The molecule has 2 unspecified atom stereocenters. The highest BCUT2D eigenvalue weighted by atomic mass is 32.1. The van der Waals surface area contributed by atoms with Crippen LogP contribution in [0.2, 0.25) is 0 Å². The Labute approximate surface area is 132 Å². The molecule has 2 atom stereocenters. The molecule has 0 radical (unpaired) electrons. The molecule has 0 amide bonds. The summed E-state index contributed by atoms with van der Waals surface area (Å²) in [6.45, 7) is 6.59. The number of aliphatic imine (C=N–C) groups is 1. The van der Waals surface area contributed by atoms with Crippen LogP contribution in [0.3, 0.4) is 0 Å². The van der Waals surface area contributed by atoms with Crippen molar-refractivity contribution in [1.29, 1.82) is 0 Å². The maximum absolute atomic E-state index is 4.25. The molecular weight excluding hydrogens is 280 g/mol. The summed E-state index contributed by atoms with van der Waals surface area (Å²) >= 11 is 1.86. The van der Waals surface area contributed by atoms with E-state index in [1.54, 1.807) is 0 Å². The van der Waals surface area contributed by atoms with E-state index >= 15 is 0 Å². The zero-order valence-electron chi connectivity index (χ0n) is 13.0. The van der Waals surface area contributed by atoms with Gasteiger partial charge in [0, 0.05) is 31.1 Å². The van der Waals surface area contributed by atoms with Crippen LogP contribution in [-0.2, 0) is 0 Å². The van der Waals surface area contributed by atoms with Gasteiger partial charge in [-0.25, -0.2) is 0 Å². The second-order valence-corrected chi connectivity index (χ2v) is 6.45. The van der Waals surface area contributed by atoms with Crippen molar-refractivity contribution in [3.63, 3.8) is 0 Å². The summed E-state index contributed by atoms with van der Waals surface area (Å²) in [5.41, 5.74) is 0. The van der Waals surface area contributed by atoms with E-state index in [-0.39, 0.29) is 0 Å². The first-order valence-corrected chi connectivity index (χ1v) is 8.43. The molecule has 0 bridgehead atoms. The summed E-state index contributed by atoms with van der Waals surface area (Å²) in [5.74, 6) is 1.47. The maximum Gasteiger partial charge on any atom is 0.191 e. The van der Waals surface area contributed by atoms with Crippen molar-refractivity contribution in [2.45, 2.75) is 18.9 Å². The minimum Gasteiger partial charge on any atom is -0.356 e. The smallest absolute Gasteiger partial charge is 0.191 e. The molecule has 21 heavy (non-hydrogen) atoms. The molecule has 1 saturated heterocycles. The normalized spacial score (nSPS) is 23.8. The maximum atomic E-state index is 4.25. The van der Waals surface area contributed by atoms with Gasteiger partial charge in [-0.15, -0.1) is 17.9 Å². The molecule has 1 fully saturated rings. The molecular formula is C16H26N4S. The summed E-state index contributed by atoms with van der Waals surface area (Å²) in [6, 6.07) is 4.93. The fourth-order valence-corrected chi connectivity index (χ4v) is 3.98. The Kier molecular flexibility index (Phi) is 6.26. The highest BCUT2D eigenvalue weighted by Gasteiger charge is 2.31. The van der Waals surface area contributed by atoms with Crippen molar-refractivity contribution < 1.29 is 0 Å². The number of piperidine rings is 1. The van der Waals surface area contributed by atoms with Crippen molar-refractivity contribution >= 4 is 17.3 Å². The van der Waals surface area contributed by atoms with Crippen LogP contribution in [-0.4, -0.2) is 44.6 Å². The quantitative estimate of drug-likeness (QED) is 0.499. The van der Waals surface area contributed by atoms with Gasteiger partial charge in [-0.3, -0.25) is 9.89 Å². The van der Waals surface area contributed by atoms with Gasteiger partial charge >= 0.3 is 0 Å². The van der Waals surface area contributed by atoms with Crippen molar-refractivity contribution in [3.05, 3.63) is 35.0 Å². The van der Waals surface area contributed by atoms with E-state index in [1.807, 2.05) is 24.5 Å². The average molecular weight is 306 g/mol. The third-order valence-corrected chi connectivity index (χ3v) is 4.95. The molecule has 1 aromatic rings. The summed E-state index contributed by atoms with van der Waals surface area (Å²) in [6.07, 6.45) is 4.37. The van der Waals surface area contributed by atoms with Crippen LogP contribution in [0.15, 0.2) is 35.2 Å². The first-order valence-electron chi connectivity index (χ1n) is 7.55. The Morgan fingerprint density at radius 3 is 3.10 bits per heavy atom. The Bertz CT molecular complexity index is 455. The molecule has 0 spiro atoms. The topological polar surface area (TPSA) is 39.7 Å². The zero-order valence-corrected chi connectivity index (χ0v) is 13.8. The Morgan fingerprint density at radius 1 is 1.57 bits per heavy atom. The number of nitrogens with one attached hydrogen (secondary N) is 2. The van der Waals surface area contributed by atoms with Crippen LogP contribution in [0.25, 0.3) is 0 Å². The number of hydrogen-bond acceptors (Lipinski definition) is 3. The number of nitrogens with zero attached hydrogens (tertiary/aromatic N) is 2. The molecule has 1 aliphatic heterocycles. The van der Waals surface area contributed by atoms with Crippen LogP contribution in [0, 0.1) is 5.92 Å². The average Bonchev–Trinajstić information content (AvgIpc) is 3.01. The van der Waals surface area contributed by atoms with E-state index in [0.717, 1.165) is 19.0 Å². The minimum absolute atomic E-state index is 0.517. The first-order chi connectivity index (χ1) is 10.3. The molecule has 5 heteroatoms. The molecule has 0 saturated carbocycles. The predicted octanol–water partition coefficient (Wildman–Crippen LogP) is 2.48. The third kappa shape index (κ3) is 4.32. The molecule has 0 aromatic carbocycles. The van der Waals surface area contributed by atoms with Crippen LogP contribution in [0.1, 0.15) is 23.8 Å². The van der Waals surface area contributed by atoms with E-state index in [2.05, 4.69) is 51.7 Å². The number of hydrogen-bond donors (Lipinski definition) is 2. The van der Waals surface area contributed by atoms with Gasteiger partial charge in [0.15, 0.2) is 5.96 Å². The fourth-order valence-electron chi connectivity index (χ4n) is 3.00. The van der Waals surface area contributed by atoms with Crippen molar-refractivity contribution in [2.24, 2.45) is 10.9 Å². The highest BCUT2D eigenvalue weighted by molar-refractivity contribution is 7.10. The first kappa shape index (κ1) is 16.0. The van der Waals surface area contributed by atoms with E-state index in [1.165, 1.54) is 24.3 Å². The van der Waals surface area contributed by atoms with Crippen molar-refractivity contribution in [3.8, 4) is 0 Å². The number of rotatable bonds is 5. The molecule has 1 aliphatic rings. The van der Waals surface area contributed by atoms with Gasteiger partial charge in [0.1, 0.15) is 0 Å². The third-order valence-electron chi connectivity index (χ3n) is 4.01. The number of likely N-dealkylation sites (tertiary alicyclic amines) is 1. The minimum atomic E-state index is 0.517. The molecule has 116 valence electrons. The molecule has 2 heterocycles. The second kappa shape index (κ2) is 8.20.